The van der Waals surface area contributed by atoms with Crippen LogP contribution in [0.25, 0.3) is 17.3 Å². The highest BCUT2D eigenvalue weighted by Gasteiger charge is 2.24. The smallest absolute Gasteiger partial charge is 0.264 e. The summed E-state index contributed by atoms with van der Waals surface area (Å²) in [6, 6.07) is 14.8. The number of hydrogen-bond acceptors (Lipinski definition) is 7. The lowest BCUT2D eigenvalue weighted by molar-refractivity contribution is -0.115. The quantitative estimate of drug-likeness (QED) is 0.624. The molecule has 6 nitrogen and oxygen atoms in total. The van der Waals surface area contributed by atoms with Crippen molar-refractivity contribution < 1.29 is 14.6 Å². The van der Waals surface area contributed by atoms with Crippen LogP contribution in [0.4, 0.5) is 5.13 Å². The summed E-state index contributed by atoms with van der Waals surface area (Å²) in [6.45, 7) is 0. The molecular weight excluding hydrogens is 394 g/mol. The molecule has 0 spiro atoms. The molecule has 2 N–H and O–H groups in total. The van der Waals surface area contributed by atoms with E-state index in [-0.39, 0.29) is 11.7 Å². The molecule has 2 aromatic carbocycles. The number of carbonyl (C=O) groups excluding carboxylic acids is 1. The van der Waals surface area contributed by atoms with Crippen molar-refractivity contribution in [2.45, 2.75) is 0 Å². The number of aliphatic imine (C=N–C) groups is 1. The van der Waals surface area contributed by atoms with Gasteiger partial charge in [0.2, 0.25) is 5.13 Å². The van der Waals surface area contributed by atoms with Crippen molar-refractivity contribution in [1.82, 2.24) is 10.3 Å². The Balaban J connectivity index is 1.54. The van der Waals surface area contributed by atoms with Gasteiger partial charge >= 0.3 is 0 Å². The number of thioether (sulfide) groups is 1. The summed E-state index contributed by atoms with van der Waals surface area (Å²) in [6.07, 6.45) is 1.72. The molecule has 0 aliphatic carbocycles. The molecule has 28 heavy (non-hydrogen) atoms. The van der Waals surface area contributed by atoms with Crippen LogP contribution in [0.1, 0.15) is 5.56 Å². The number of phenols is 1. The third kappa shape index (κ3) is 3.92. The van der Waals surface area contributed by atoms with Crippen LogP contribution in [0.3, 0.4) is 0 Å². The summed E-state index contributed by atoms with van der Waals surface area (Å²) in [5.74, 6) is 0.173. The zero-order chi connectivity index (χ0) is 19.5. The molecule has 1 aliphatic heterocycles. The molecule has 1 saturated heterocycles. The molecule has 1 amide bonds. The van der Waals surface area contributed by atoms with Crippen molar-refractivity contribution in [3.05, 3.63) is 64.4 Å². The number of aromatic hydroxyl groups is 1. The molecule has 0 saturated carbocycles. The van der Waals surface area contributed by atoms with Gasteiger partial charge in [0.25, 0.3) is 5.91 Å². The molecule has 0 unspecified atom stereocenters. The molecule has 4 rings (SSSR count). The van der Waals surface area contributed by atoms with E-state index in [0.717, 1.165) is 16.8 Å². The predicted octanol–water partition coefficient (Wildman–Crippen LogP) is 4.42. The van der Waals surface area contributed by atoms with E-state index >= 15 is 0 Å². The van der Waals surface area contributed by atoms with Crippen LogP contribution in [0.15, 0.2) is 63.8 Å². The molecule has 0 bridgehead atoms. The molecule has 1 aliphatic rings. The lowest BCUT2D eigenvalue weighted by atomic mass is 10.2. The van der Waals surface area contributed by atoms with Gasteiger partial charge in [-0.1, -0.05) is 36.4 Å². The van der Waals surface area contributed by atoms with E-state index in [1.54, 1.807) is 18.2 Å². The Kier molecular flexibility index (Phi) is 5.14. The number of amides is 1. The van der Waals surface area contributed by atoms with Gasteiger partial charge in [0.15, 0.2) is 16.7 Å². The number of amidine groups is 1. The van der Waals surface area contributed by atoms with Crippen LogP contribution in [-0.2, 0) is 4.79 Å². The second-order valence-electron chi connectivity index (χ2n) is 5.79. The highest BCUT2D eigenvalue weighted by molar-refractivity contribution is 8.18. The molecule has 0 atom stereocenters. The average molecular weight is 409 g/mol. The average Bonchev–Trinajstić information content (AvgIpc) is 3.31. The molecule has 3 aromatic rings. The van der Waals surface area contributed by atoms with Crippen LogP contribution in [0, 0.1) is 0 Å². The van der Waals surface area contributed by atoms with Crippen LogP contribution >= 0.6 is 23.1 Å². The van der Waals surface area contributed by atoms with E-state index < -0.39 is 0 Å². The molecule has 1 fully saturated rings. The van der Waals surface area contributed by atoms with Crippen LogP contribution in [0.2, 0.25) is 0 Å². The zero-order valence-corrected chi connectivity index (χ0v) is 16.4. The lowest BCUT2D eigenvalue weighted by Gasteiger charge is -2.03. The van der Waals surface area contributed by atoms with E-state index in [0.29, 0.717) is 21.0 Å². The second kappa shape index (κ2) is 7.87. The molecular formula is C20H15N3O3S2. The van der Waals surface area contributed by atoms with Gasteiger partial charge in [0, 0.05) is 10.9 Å². The number of benzene rings is 2. The first-order valence-corrected chi connectivity index (χ1v) is 9.99. The number of carbonyl (C=O) groups is 1. The normalized spacial score (nSPS) is 16.5. The molecule has 140 valence electrons. The highest BCUT2D eigenvalue weighted by atomic mass is 32.2. The first-order chi connectivity index (χ1) is 13.6. The number of nitrogens with one attached hydrogen (secondary N) is 1. The minimum atomic E-state index is -0.226. The van der Waals surface area contributed by atoms with Crippen molar-refractivity contribution in [2.24, 2.45) is 4.99 Å². The maximum atomic E-state index is 12.2. The fourth-order valence-electron chi connectivity index (χ4n) is 2.56. The number of methoxy groups -OCH3 is 1. The summed E-state index contributed by atoms with van der Waals surface area (Å²) in [7, 11) is 1.48. The maximum absolute atomic E-state index is 12.2. The van der Waals surface area contributed by atoms with Gasteiger partial charge in [0.1, 0.15) is 0 Å². The topological polar surface area (TPSA) is 83.8 Å². The Morgan fingerprint density at radius 2 is 2.04 bits per heavy atom. The number of aromatic nitrogens is 1. The third-order valence-electron chi connectivity index (χ3n) is 3.91. The van der Waals surface area contributed by atoms with Crippen molar-refractivity contribution in [2.75, 3.05) is 7.11 Å². The maximum Gasteiger partial charge on any atom is 0.264 e. The summed E-state index contributed by atoms with van der Waals surface area (Å²) < 4.78 is 5.10. The highest BCUT2D eigenvalue weighted by Crippen LogP contribution is 2.33. The number of thiazole rings is 1. The molecule has 2 heterocycles. The number of phenolic OH excluding ortho intramolecular Hbond substituents is 1. The predicted molar refractivity (Wildman–Crippen MR) is 113 cm³/mol. The first kappa shape index (κ1) is 18.3. The summed E-state index contributed by atoms with van der Waals surface area (Å²) >= 11 is 2.66. The first-order valence-electron chi connectivity index (χ1n) is 8.30. The van der Waals surface area contributed by atoms with Crippen molar-refractivity contribution >= 4 is 45.4 Å². The lowest BCUT2D eigenvalue weighted by Crippen LogP contribution is -2.19. The van der Waals surface area contributed by atoms with E-state index in [4.69, 9.17) is 4.74 Å². The second-order valence-corrected chi connectivity index (χ2v) is 7.66. The minimum absolute atomic E-state index is 0.0495. The van der Waals surface area contributed by atoms with E-state index in [2.05, 4.69) is 15.3 Å². The minimum Gasteiger partial charge on any atom is -0.504 e. The summed E-state index contributed by atoms with van der Waals surface area (Å²) in [5, 5.41) is 15.4. The van der Waals surface area contributed by atoms with E-state index in [1.807, 2.05) is 35.7 Å². The van der Waals surface area contributed by atoms with Gasteiger partial charge in [-0.3, -0.25) is 4.79 Å². The Bertz CT molecular complexity index is 1090. The molecule has 8 heteroatoms. The number of rotatable bonds is 4. The fourth-order valence-corrected chi connectivity index (χ4v) is 4.14. The van der Waals surface area contributed by atoms with Gasteiger partial charge in [-0.25, -0.2) is 4.98 Å². The zero-order valence-electron chi connectivity index (χ0n) is 14.7. The van der Waals surface area contributed by atoms with Crippen molar-refractivity contribution in [3.8, 4) is 22.8 Å². The third-order valence-corrected chi connectivity index (χ3v) is 5.56. The van der Waals surface area contributed by atoms with Gasteiger partial charge in [0.05, 0.1) is 17.7 Å². The number of hydrogen-bond donors (Lipinski definition) is 2. The SMILES string of the molecule is COc1cc(/C=C2/S/C(=N/c3nc(-c4ccccc4)cs3)NC2=O)ccc1O. The van der Waals surface area contributed by atoms with Crippen molar-refractivity contribution in [1.29, 1.82) is 0 Å². The number of ether oxygens (including phenoxy) is 1. The Hall–Kier alpha value is -3.10. The number of nitrogens with zero attached hydrogens (tertiary/aromatic N) is 2. The standard InChI is InChI=1S/C20H15N3O3S2/c1-26-16-9-12(7-8-15(16)24)10-17-18(25)22-20(28-17)23-19-21-14(11-27-19)13-5-3-2-4-6-13/h2-11,24H,1H3,(H,21,22,23,25)/b17-10+. The Morgan fingerprint density at radius 3 is 2.82 bits per heavy atom. The van der Waals surface area contributed by atoms with E-state index in [9.17, 15) is 9.90 Å². The summed E-state index contributed by atoms with van der Waals surface area (Å²) in [4.78, 5) is 21.7. The van der Waals surface area contributed by atoms with Gasteiger partial charge in [-0.15, -0.1) is 11.3 Å². The molecule has 1 aromatic heterocycles. The fraction of sp³-hybridized carbons (Fsp3) is 0.0500. The van der Waals surface area contributed by atoms with E-state index in [1.165, 1.54) is 36.3 Å². The Labute approximate surface area is 169 Å². The monoisotopic (exact) mass is 409 g/mol. The largest absolute Gasteiger partial charge is 0.504 e. The Morgan fingerprint density at radius 1 is 1.21 bits per heavy atom. The van der Waals surface area contributed by atoms with Gasteiger partial charge in [-0.05, 0) is 35.5 Å². The summed E-state index contributed by atoms with van der Waals surface area (Å²) in [5.41, 5.74) is 2.62. The van der Waals surface area contributed by atoms with Gasteiger partial charge < -0.3 is 15.2 Å². The van der Waals surface area contributed by atoms with Crippen LogP contribution < -0.4 is 10.1 Å². The van der Waals surface area contributed by atoms with Gasteiger partial charge in [-0.2, -0.15) is 4.99 Å². The van der Waals surface area contributed by atoms with Crippen LogP contribution in [-0.4, -0.2) is 28.3 Å². The van der Waals surface area contributed by atoms with Crippen molar-refractivity contribution in [3.63, 3.8) is 0 Å². The van der Waals surface area contributed by atoms with Crippen LogP contribution in [0.5, 0.6) is 11.5 Å². The molecule has 0 radical (unpaired) electrons.